The maximum atomic E-state index is 14.2. The maximum absolute atomic E-state index is 14.2. The van der Waals surface area contributed by atoms with Gasteiger partial charge in [0, 0.05) is 14.0 Å². The Labute approximate surface area is 436 Å². The Morgan fingerprint density at radius 2 is 0.945 bits per heavy atom. The average Bonchev–Trinajstić information content (AvgIpc) is 3.40. The topological polar surface area (TPSA) is 202 Å². The molecule has 2 aliphatic heterocycles. The molecule has 0 aliphatic carbocycles. The zero-order valence-electron chi connectivity index (χ0n) is 39.5. The molecular weight excluding hydrogens is 1010 g/mol. The summed E-state index contributed by atoms with van der Waals surface area (Å²) in [5.41, 5.74) is 2.00. The lowest BCUT2D eigenvalue weighted by Crippen LogP contribution is -2.68. The van der Waals surface area contributed by atoms with E-state index in [0.717, 1.165) is 11.1 Å². The van der Waals surface area contributed by atoms with Gasteiger partial charge in [-0.25, -0.2) is 19.2 Å². The molecule has 2 fully saturated rings. The third-order valence-electron chi connectivity index (χ3n) is 11.4. The number of halogens is 3. The standard InChI is InChI=1S/C53H53Cl3N2O15/c1-33(59)57-41-45(66-29-35-20-10-4-11-21-35)43(65-28-34-18-8-3-9-19-34)39(70-50(41)64-2)31-68-51-42(58-52(63)69-32-53(54,55)56)46(73-49(62)38-26-16-7-17-27-38)44(72-48(61)37-24-14-6-15-25-37)40(71-51)30-67-47(60)36-22-12-5-13-23-36/h3-27,39-46,50-51H,28-32H2,1-2H3,(H,57,59)(H,58,63)/t39-,40-,41-,42-,43-,44-,45-,46-,50+,51?/m1/s1. The van der Waals surface area contributed by atoms with E-state index in [1.54, 1.807) is 54.6 Å². The molecule has 5 aromatic carbocycles. The second-order valence-electron chi connectivity index (χ2n) is 16.7. The Balaban J connectivity index is 1.28. The SMILES string of the molecule is CO[C@H]1O[C@H](COC2O[C@H](COC(=O)c3ccccc3)[C@@H](OC(=O)c3ccccc3)[C@H](OC(=O)c3ccccc3)[C@H]2NC(=O)OCC(Cl)(Cl)Cl)[C@@H](OCc2ccccc2)[C@H](OCc2ccccc2)[C@H]1NC(C)=O. The molecule has 20 heteroatoms. The molecule has 0 spiro atoms. The summed E-state index contributed by atoms with van der Waals surface area (Å²) in [7, 11) is 1.40. The number of methoxy groups -OCH3 is 1. The van der Waals surface area contributed by atoms with Gasteiger partial charge in [-0.15, -0.1) is 0 Å². The van der Waals surface area contributed by atoms with Crippen molar-refractivity contribution in [1.82, 2.24) is 10.6 Å². The van der Waals surface area contributed by atoms with Crippen LogP contribution in [0.5, 0.6) is 0 Å². The van der Waals surface area contributed by atoms with Crippen molar-refractivity contribution in [2.24, 2.45) is 0 Å². The molecule has 73 heavy (non-hydrogen) atoms. The summed E-state index contributed by atoms with van der Waals surface area (Å²) in [5.74, 6) is -2.97. The lowest BCUT2D eigenvalue weighted by atomic mass is 9.95. The lowest BCUT2D eigenvalue weighted by Gasteiger charge is -2.47. The van der Waals surface area contributed by atoms with Crippen LogP contribution in [-0.2, 0) is 65.4 Å². The van der Waals surface area contributed by atoms with Gasteiger partial charge in [0.1, 0.15) is 49.7 Å². The first-order valence-corrected chi connectivity index (χ1v) is 24.2. The molecule has 0 saturated carbocycles. The predicted molar refractivity (Wildman–Crippen MR) is 265 cm³/mol. The number of hydrogen-bond donors (Lipinski definition) is 2. The van der Waals surface area contributed by atoms with Crippen molar-refractivity contribution in [3.05, 3.63) is 179 Å². The highest BCUT2D eigenvalue weighted by molar-refractivity contribution is 6.67. The summed E-state index contributed by atoms with van der Waals surface area (Å²) in [4.78, 5) is 68.2. The summed E-state index contributed by atoms with van der Waals surface area (Å²) < 4.78 is 60.2. The fourth-order valence-electron chi connectivity index (χ4n) is 8.04. The van der Waals surface area contributed by atoms with E-state index in [1.165, 1.54) is 50.4 Å². The minimum atomic E-state index is -2.05. The summed E-state index contributed by atoms with van der Waals surface area (Å²) in [6.07, 6.45) is -11.9. The molecule has 2 aliphatic rings. The predicted octanol–water partition coefficient (Wildman–Crippen LogP) is 7.55. The van der Waals surface area contributed by atoms with Crippen molar-refractivity contribution in [1.29, 1.82) is 0 Å². The normalized spacial score (nSPS) is 23.8. The van der Waals surface area contributed by atoms with Gasteiger partial charge in [-0.3, -0.25) is 4.79 Å². The van der Waals surface area contributed by atoms with Crippen LogP contribution in [0.15, 0.2) is 152 Å². The maximum Gasteiger partial charge on any atom is 0.407 e. The number of hydrogen-bond acceptors (Lipinski definition) is 15. The van der Waals surface area contributed by atoms with Crippen molar-refractivity contribution in [2.45, 2.75) is 85.2 Å². The van der Waals surface area contributed by atoms with Crippen molar-refractivity contribution in [3.8, 4) is 0 Å². The second-order valence-corrected chi connectivity index (χ2v) is 19.2. The molecule has 0 bridgehead atoms. The molecule has 1 unspecified atom stereocenters. The van der Waals surface area contributed by atoms with Gasteiger partial charge in [0.15, 0.2) is 24.8 Å². The van der Waals surface area contributed by atoms with Crippen molar-refractivity contribution in [2.75, 3.05) is 26.9 Å². The van der Waals surface area contributed by atoms with Crippen LogP contribution in [0.1, 0.15) is 49.1 Å². The molecule has 2 N–H and O–H groups in total. The molecule has 0 radical (unpaired) electrons. The van der Waals surface area contributed by atoms with Crippen LogP contribution in [0.25, 0.3) is 0 Å². The van der Waals surface area contributed by atoms with Crippen LogP contribution in [0.2, 0.25) is 0 Å². The highest BCUT2D eigenvalue weighted by atomic mass is 35.6. The van der Waals surface area contributed by atoms with E-state index >= 15 is 0 Å². The van der Waals surface area contributed by atoms with Gasteiger partial charge < -0.3 is 58.0 Å². The molecule has 17 nitrogen and oxygen atoms in total. The van der Waals surface area contributed by atoms with Gasteiger partial charge >= 0.3 is 24.0 Å². The van der Waals surface area contributed by atoms with Crippen LogP contribution >= 0.6 is 34.8 Å². The van der Waals surface area contributed by atoms with Gasteiger partial charge in [0.05, 0.1) is 36.5 Å². The van der Waals surface area contributed by atoms with Crippen molar-refractivity contribution in [3.63, 3.8) is 0 Å². The monoisotopic (exact) mass is 1060 g/mol. The Bertz CT molecular complexity index is 2550. The van der Waals surface area contributed by atoms with Gasteiger partial charge in [-0.1, -0.05) is 150 Å². The zero-order chi connectivity index (χ0) is 51.7. The van der Waals surface area contributed by atoms with Crippen LogP contribution < -0.4 is 10.6 Å². The number of alkyl halides is 3. The van der Waals surface area contributed by atoms with E-state index in [2.05, 4.69) is 10.6 Å². The molecule has 7 rings (SSSR count). The minimum Gasteiger partial charge on any atom is -0.459 e. The molecule has 2 amide bonds. The number of rotatable bonds is 20. The van der Waals surface area contributed by atoms with Crippen LogP contribution in [0.3, 0.4) is 0 Å². The second kappa shape index (κ2) is 26.7. The Morgan fingerprint density at radius 3 is 1.44 bits per heavy atom. The van der Waals surface area contributed by atoms with E-state index < -0.39 is 115 Å². The Hall–Kier alpha value is -6.12. The van der Waals surface area contributed by atoms with Gasteiger partial charge in [0.25, 0.3) is 0 Å². The first kappa shape index (κ1) is 54.6. The van der Waals surface area contributed by atoms with E-state index in [4.69, 9.17) is 82.2 Å². The molecule has 2 heterocycles. The van der Waals surface area contributed by atoms with Crippen LogP contribution in [0, 0.1) is 0 Å². The van der Waals surface area contributed by atoms with Crippen molar-refractivity contribution < 1.29 is 71.3 Å². The third-order valence-corrected chi connectivity index (χ3v) is 11.8. The van der Waals surface area contributed by atoms with E-state index in [9.17, 15) is 24.0 Å². The number of nitrogens with one attached hydrogen (secondary N) is 2. The average molecular weight is 1060 g/mol. The van der Waals surface area contributed by atoms with Gasteiger partial charge in [-0.05, 0) is 47.5 Å². The molecule has 0 aromatic heterocycles. The Kier molecular flexibility index (Phi) is 20.0. The van der Waals surface area contributed by atoms with E-state index in [1.807, 2.05) is 60.7 Å². The summed E-state index contributed by atoms with van der Waals surface area (Å²) >= 11 is 17.9. The van der Waals surface area contributed by atoms with E-state index in [0.29, 0.717) is 0 Å². The highest BCUT2D eigenvalue weighted by Crippen LogP contribution is 2.33. The molecule has 10 atom stereocenters. The fraction of sp³-hybridized carbons (Fsp3) is 0.340. The molecular formula is C53H53Cl3N2O15. The van der Waals surface area contributed by atoms with E-state index in [-0.39, 0.29) is 29.9 Å². The van der Waals surface area contributed by atoms with Crippen LogP contribution in [-0.4, -0.2) is 122 Å². The summed E-state index contributed by atoms with van der Waals surface area (Å²) in [6.45, 7) is -0.274. The first-order valence-electron chi connectivity index (χ1n) is 23.0. The van der Waals surface area contributed by atoms with Crippen LogP contribution in [0.4, 0.5) is 4.79 Å². The third kappa shape index (κ3) is 15.9. The molecule has 5 aromatic rings. The van der Waals surface area contributed by atoms with Gasteiger partial charge in [0.2, 0.25) is 9.70 Å². The summed E-state index contributed by atoms with van der Waals surface area (Å²) in [5, 5.41) is 5.52. The summed E-state index contributed by atoms with van der Waals surface area (Å²) in [6, 6.07) is 40.0. The number of carbonyl (C=O) groups is 5. The Morgan fingerprint density at radius 1 is 0.507 bits per heavy atom. The molecule has 386 valence electrons. The number of alkyl carbamates (subject to hydrolysis) is 1. The minimum absolute atomic E-state index is 0.0565. The van der Waals surface area contributed by atoms with Crippen molar-refractivity contribution >= 4 is 64.7 Å². The first-order chi connectivity index (χ1) is 35.3. The smallest absolute Gasteiger partial charge is 0.407 e. The quantitative estimate of drug-likeness (QED) is 0.0439. The highest BCUT2D eigenvalue weighted by Gasteiger charge is 2.54. The molecule has 2 saturated heterocycles. The largest absolute Gasteiger partial charge is 0.459 e. The van der Waals surface area contributed by atoms with Gasteiger partial charge in [-0.2, -0.15) is 0 Å². The number of ether oxygens (including phenoxy) is 10. The lowest BCUT2D eigenvalue weighted by molar-refractivity contribution is -0.308. The number of esters is 3. The number of amides is 2. The zero-order valence-corrected chi connectivity index (χ0v) is 41.8. The number of carbonyl (C=O) groups excluding carboxylic acids is 5. The number of benzene rings is 5. The fourth-order valence-corrected chi connectivity index (χ4v) is 8.20.